The van der Waals surface area contributed by atoms with E-state index in [0.717, 1.165) is 12.8 Å². The molecule has 0 aliphatic heterocycles. The molecule has 0 saturated carbocycles. The van der Waals surface area contributed by atoms with Crippen molar-refractivity contribution in [2.24, 2.45) is 0 Å². The molecule has 6 aromatic rings. The molecule has 0 heterocycles. The number of hydrogen-bond donors (Lipinski definition) is 0. The Balaban J connectivity index is 1.44. The summed E-state index contributed by atoms with van der Waals surface area (Å²) in [5, 5.41) is 0. The van der Waals surface area contributed by atoms with Crippen molar-refractivity contribution >= 4 is 19.0 Å². The SMILES string of the molecule is CCCCC1=Cc2c(-c3ccc(C)cc3)ccc(-c3ccc(C)cc3)c2[CH]1[Zr]([CH3])([CH3])(=[SiH2])[CH]1C(CCCC)=Cc2c(-c3ccc(C)cc3)ccc(-c3ccc(C)cc3)c21. The van der Waals surface area contributed by atoms with Gasteiger partial charge in [-0.15, -0.1) is 0 Å². The van der Waals surface area contributed by atoms with Crippen molar-refractivity contribution in [1.29, 1.82) is 0 Å². The Morgan fingerprint density at radius 3 is 0.983 bits per heavy atom. The van der Waals surface area contributed by atoms with Crippen LogP contribution in [0.15, 0.2) is 132 Å². The number of hydrogen-bond acceptors (Lipinski definition) is 0. The summed E-state index contributed by atoms with van der Waals surface area (Å²) >= 11 is -4.14. The summed E-state index contributed by atoms with van der Waals surface area (Å²) in [6, 6.07) is 47.1. The fraction of sp³-hybridized carbons (Fsp3) is 0.286. The summed E-state index contributed by atoms with van der Waals surface area (Å²) < 4.78 is 6.57. The predicted octanol–water partition coefficient (Wildman–Crippen LogP) is 15.9. The van der Waals surface area contributed by atoms with E-state index in [-0.39, 0.29) is 0 Å². The molecule has 0 bridgehead atoms. The van der Waals surface area contributed by atoms with E-state index < -0.39 is 17.4 Å². The van der Waals surface area contributed by atoms with Crippen LogP contribution in [0.2, 0.25) is 9.26 Å². The zero-order chi connectivity index (χ0) is 40.8. The van der Waals surface area contributed by atoms with Gasteiger partial charge in [-0.2, -0.15) is 0 Å². The van der Waals surface area contributed by atoms with Crippen molar-refractivity contribution in [2.75, 3.05) is 0 Å². The molecule has 0 nitrogen and oxygen atoms in total. The summed E-state index contributed by atoms with van der Waals surface area (Å²) in [6.07, 6.45) is 12.5. The molecule has 0 aromatic heterocycles. The first-order valence-corrected chi connectivity index (χ1v) is 35.6. The van der Waals surface area contributed by atoms with Gasteiger partial charge in [0.1, 0.15) is 0 Å². The average Bonchev–Trinajstić information content (AvgIpc) is 3.81. The first kappa shape index (κ1) is 40.7. The van der Waals surface area contributed by atoms with E-state index in [4.69, 9.17) is 0 Å². The molecular formula is C56H62SiZr. The molecule has 2 aliphatic carbocycles. The van der Waals surface area contributed by atoms with E-state index >= 15 is 0 Å². The molecule has 2 aliphatic rings. The molecule has 2 heteroatoms. The molecule has 0 spiro atoms. The van der Waals surface area contributed by atoms with Crippen LogP contribution in [0.5, 0.6) is 0 Å². The van der Waals surface area contributed by atoms with Gasteiger partial charge < -0.3 is 0 Å². The van der Waals surface area contributed by atoms with Crippen LogP contribution in [0.1, 0.15) is 104 Å². The van der Waals surface area contributed by atoms with Crippen molar-refractivity contribution in [3.8, 4) is 44.5 Å². The Morgan fingerprint density at radius 2 is 0.690 bits per heavy atom. The topological polar surface area (TPSA) is 0 Å². The van der Waals surface area contributed by atoms with Gasteiger partial charge in [0.15, 0.2) is 0 Å². The summed E-state index contributed by atoms with van der Waals surface area (Å²) in [7, 11) is 0. The summed E-state index contributed by atoms with van der Waals surface area (Å²) in [6.45, 7) is 16.1. The Hall–Kier alpha value is -4.10. The molecule has 2 atom stereocenters. The number of unbranched alkanes of at least 4 members (excludes halogenated alkanes) is 2. The molecule has 0 saturated heterocycles. The number of benzene rings is 6. The van der Waals surface area contributed by atoms with Gasteiger partial charge in [-0.1, -0.05) is 0 Å². The van der Waals surface area contributed by atoms with E-state index in [1.807, 2.05) is 0 Å². The van der Waals surface area contributed by atoms with Gasteiger partial charge >= 0.3 is 355 Å². The van der Waals surface area contributed by atoms with Gasteiger partial charge in [0.2, 0.25) is 0 Å². The second-order valence-corrected chi connectivity index (χ2v) is 49.4. The molecule has 0 radical (unpaired) electrons. The molecule has 294 valence electrons. The second kappa shape index (κ2) is 16.2. The van der Waals surface area contributed by atoms with Crippen LogP contribution in [-0.2, 0) is 17.4 Å². The number of aryl methyl sites for hydroxylation is 4. The molecule has 0 amide bonds. The van der Waals surface area contributed by atoms with E-state index in [1.165, 1.54) is 104 Å². The molecule has 0 N–H and O–H groups in total. The van der Waals surface area contributed by atoms with E-state index in [9.17, 15) is 0 Å². The van der Waals surface area contributed by atoms with Gasteiger partial charge in [0.05, 0.1) is 0 Å². The van der Waals surface area contributed by atoms with Crippen molar-refractivity contribution in [2.45, 2.75) is 96.6 Å². The van der Waals surface area contributed by atoms with Crippen LogP contribution in [-0.4, -0.2) is 6.88 Å². The third-order valence-electron chi connectivity index (χ3n) is 13.5. The molecular weight excluding hydrogens is 792 g/mol. The number of fused-ring (bicyclic) bond motifs is 2. The van der Waals surface area contributed by atoms with Gasteiger partial charge in [-0.3, -0.25) is 0 Å². The Labute approximate surface area is 352 Å². The van der Waals surface area contributed by atoms with Crippen LogP contribution in [0, 0.1) is 27.7 Å². The monoisotopic (exact) mass is 852 g/mol. The van der Waals surface area contributed by atoms with Crippen LogP contribution in [0.4, 0.5) is 0 Å². The summed E-state index contributed by atoms with van der Waals surface area (Å²) in [5.74, 6) is 0. The van der Waals surface area contributed by atoms with Crippen LogP contribution >= 0.6 is 0 Å². The normalized spacial score (nSPS) is 16.2. The maximum atomic E-state index is 2.87. The first-order chi connectivity index (χ1) is 27.9. The second-order valence-electron chi connectivity index (χ2n) is 18.9. The third kappa shape index (κ3) is 7.50. The minimum absolute atomic E-state index is 0.415. The number of allylic oxidation sites excluding steroid dienone is 2. The molecule has 58 heavy (non-hydrogen) atoms. The maximum absolute atomic E-state index is 4.14. The van der Waals surface area contributed by atoms with E-state index in [1.54, 1.807) is 22.3 Å². The van der Waals surface area contributed by atoms with Crippen molar-refractivity contribution in [3.05, 3.63) is 177 Å². The summed E-state index contributed by atoms with van der Waals surface area (Å²) in [4.78, 5) is 0. The van der Waals surface area contributed by atoms with Gasteiger partial charge in [-0.05, 0) is 0 Å². The van der Waals surface area contributed by atoms with Crippen LogP contribution in [0.3, 0.4) is 0 Å². The van der Waals surface area contributed by atoms with Gasteiger partial charge in [0, 0.05) is 0 Å². The molecule has 6 aromatic carbocycles. The minimum atomic E-state index is -4.14. The molecule has 0 fully saturated rings. The Kier molecular flexibility index (Phi) is 11.3. The Morgan fingerprint density at radius 1 is 0.414 bits per heavy atom. The first-order valence-electron chi connectivity index (χ1n) is 22.0. The fourth-order valence-electron chi connectivity index (χ4n) is 10.6. The van der Waals surface area contributed by atoms with Crippen LogP contribution < -0.4 is 0 Å². The van der Waals surface area contributed by atoms with Crippen molar-refractivity contribution in [3.63, 3.8) is 0 Å². The zero-order valence-electron chi connectivity index (χ0n) is 36.3. The third-order valence-corrected chi connectivity index (χ3v) is 30.9. The zero-order valence-corrected chi connectivity index (χ0v) is 40.2. The van der Waals surface area contributed by atoms with Gasteiger partial charge in [-0.25, -0.2) is 0 Å². The van der Waals surface area contributed by atoms with E-state index in [2.05, 4.69) is 191 Å². The van der Waals surface area contributed by atoms with Crippen LogP contribution in [0.25, 0.3) is 56.7 Å². The quantitative estimate of drug-likeness (QED) is 0.108. The summed E-state index contributed by atoms with van der Waals surface area (Å²) in [5.41, 5.74) is 25.7. The standard InChI is InChI=1S/2C27H27.2CH3.H2Si.Zr/c2*1-4-5-6-21-17-26-24(22-11-7-19(2)8-12-22)15-16-25(27(26)18-21)23-13-9-20(3)10-14-23;;;;/h2*7-18H,4-6H2,1-3H3;2*1H3;1H2;. The van der Waals surface area contributed by atoms with E-state index in [0.29, 0.717) is 7.25 Å². The predicted molar refractivity (Wildman–Crippen MR) is 254 cm³/mol. The molecule has 2 unspecified atom stereocenters. The fourth-order valence-corrected chi connectivity index (χ4v) is 30.2. The van der Waals surface area contributed by atoms with Crippen molar-refractivity contribution in [1.82, 2.24) is 0 Å². The molecule has 8 rings (SSSR count). The van der Waals surface area contributed by atoms with Gasteiger partial charge in [0.25, 0.3) is 0 Å². The Bertz CT molecular complexity index is 2430. The number of rotatable bonds is 12. The van der Waals surface area contributed by atoms with Crippen molar-refractivity contribution < 1.29 is 17.4 Å². The average molecular weight is 854 g/mol.